The van der Waals surface area contributed by atoms with Crippen molar-refractivity contribution in [1.82, 2.24) is 0 Å². The molecule has 0 bridgehead atoms. The summed E-state index contributed by atoms with van der Waals surface area (Å²) in [5.74, 6) is -1.90. The Morgan fingerprint density at radius 1 is 1.19 bits per heavy atom. The molecule has 0 radical (unpaired) electrons. The van der Waals surface area contributed by atoms with Crippen LogP contribution in [0.15, 0.2) is 42.0 Å². The molecule has 26 heavy (non-hydrogen) atoms. The standard InChI is InChI=1S/C18H13ClF3NO3/c19-14-7-11(10-3-1-9(8-23)2-4-10)5-12-6-13(17(24)25)16(18(20,21)22)26-15(12)14/h1-7,16H,8,23H2,(H,24,25). The maximum absolute atomic E-state index is 13.1. The van der Waals surface area contributed by atoms with Crippen LogP contribution in [-0.4, -0.2) is 23.4 Å². The van der Waals surface area contributed by atoms with Crippen LogP contribution < -0.4 is 10.5 Å². The summed E-state index contributed by atoms with van der Waals surface area (Å²) in [4.78, 5) is 11.2. The van der Waals surface area contributed by atoms with E-state index < -0.39 is 23.8 Å². The van der Waals surface area contributed by atoms with Crippen LogP contribution in [0.3, 0.4) is 0 Å². The van der Waals surface area contributed by atoms with Crippen molar-refractivity contribution >= 4 is 23.6 Å². The lowest BCUT2D eigenvalue weighted by Gasteiger charge is -2.28. The van der Waals surface area contributed by atoms with Gasteiger partial charge in [-0.05, 0) is 34.9 Å². The number of ether oxygens (including phenoxy) is 1. The molecule has 0 fully saturated rings. The average molecular weight is 384 g/mol. The Balaban J connectivity index is 2.10. The zero-order valence-corrected chi connectivity index (χ0v) is 13.9. The molecule has 1 atom stereocenters. The van der Waals surface area contributed by atoms with E-state index >= 15 is 0 Å². The van der Waals surface area contributed by atoms with Gasteiger partial charge in [0.25, 0.3) is 0 Å². The molecule has 4 nitrogen and oxygen atoms in total. The van der Waals surface area contributed by atoms with Gasteiger partial charge in [0.15, 0.2) is 0 Å². The first-order valence-corrected chi connectivity index (χ1v) is 7.89. The number of hydrogen-bond acceptors (Lipinski definition) is 3. The van der Waals surface area contributed by atoms with Crippen molar-refractivity contribution < 1.29 is 27.8 Å². The number of rotatable bonds is 3. The average Bonchev–Trinajstić information content (AvgIpc) is 2.59. The van der Waals surface area contributed by atoms with Crippen LogP contribution in [0.1, 0.15) is 11.1 Å². The maximum Gasteiger partial charge on any atom is 0.430 e. The van der Waals surface area contributed by atoms with Gasteiger partial charge in [-0.15, -0.1) is 0 Å². The van der Waals surface area contributed by atoms with Gasteiger partial charge in [-0.1, -0.05) is 35.9 Å². The Kier molecular flexibility index (Phi) is 4.68. The third-order valence-corrected chi connectivity index (χ3v) is 4.25. The van der Waals surface area contributed by atoms with Crippen molar-refractivity contribution in [1.29, 1.82) is 0 Å². The predicted molar refractivity (Wildman–Crippen MR) is 90.9 cm³/mol. The van der Waals surface area contributed by atoms with Gasteiger partial charge < -0.3 is 15.6 Å². The van der Waals surface area contributed by atoms with Crippen LogP contribution in [0, 0.1) is 0 Å². The number of carboxylic acids is 1. The monoisotopic (exact) mass is 383 g/mol. The van der Waals surface area contributed by atoms with Crippen molar-refractivity contribution in [2.45, 2.75) is 18.8 Å². The Hall–Kier alpha value is -2.51. The second-order valence-electron chi connectivity index (χ2n) is 5.72. The molecule has 1 aliphatic rings. The molecule has 2 aromatic carbocycles. The molecule has 0 saturated heterocycles. The molecule has 3 N–H and O–H groups in total. The summed E-state index contributed by atoms with van der Waals surface area (Å²) in [6, 6.07) is 10.2. The quantitative estimate of drug-likeness (QED) is 0.830. The van der Waals surface area contributed by atoms with Crippen LogP contribution in [0.4, 0.5) is 13.2 Å². The lowest BCUT2D eigenvalue weighted by atomic mass is 9.96. The van der Waals surface area contributed by atoms with Crippen molar-refractivity contribution in [2.75, 3.05) is 0 Å². The molecule has 136 valence electrons. The van der Waals surface area contributed by atoms with Crippen LogP contribution in [0.2, 0.25) is 5.02 Å². The van der Waals surface area contributed by atoms with E-state index in [4.69, 9.17) is 27.2 Å². The number of hydrogen-bond donors (Lipinski definition) is 2. The summed E-state index contributed by atoms with van der Waals surface area (Å²) in [6.07, 6.45) is -6.50. The lowest BCUT2D eigenvalue weighted by molar-refractivity contribution is -0.187. The number of alkyl halides is 3. The van der Waals surface area contributed by atoms with Crippen LogP contribution in [0.5, 0.6) is 5.75 Å². The number of carboxylic acid groups (broad SMARTS) is 1. The fraction of sp³-hybridized carbons (Fsp3) is 0.167. The lowest BCUT2D eigenvalue weighted by Crippen LogP contribution is -2.40. The van der Waals surface area contributed by atoms with E-state index in [1.807, 2.05) is 12.1 Å². The molecule has 0 aromatic heterocycles. The fourth-order valence-electron chi connectivity index (χ4n) is 2.69. The minimum Gasteiger partial charge on any atom is -0.478 e. The highest BCUT2D eigenvalue weighted by molar-refractivity contribution is 6.32. The number of aliphatic carboxylic acids is 1. The van der Waals surface area contributed by atoms with Crippen molar-refractivity contribution in [3.05, 3.63) is 58.1 Å². The fourth-order valence-corrected chi connectivity index (χ4v) is 2.96. The summed E-state index contributed by atoms with van der Waals surface area (Å²) >= 11 is 6.11. The van der Waals surface area contributed by atoms with E-state index in [0.29, 0.717) is 12.1 Å². The Bertz CT molecular complexity index is 892. The molecule has 8 heteroatoms. The Morgan fingerprint density at radius 2 is 1.85 bits per heavy atom. The van der Waals surface area contributed by atoms with Crippen molar-refractivity contribution in [3.8, 4) is 16.9 Å². The molecule has 0 saturated carbocycles. The van der Waals surface area contributed by atoms with E-state index in [1.54, 1.807) is 12.1 Å². The highest BCUT2D eigenvalue weighted by Crippen LogP contribution is 2.43. The van der Waals surface area contributed by atoms with Crippen molar-refractivity contribution in [2.24, 2.45) is 5.73 Å². The highest BCUT2D eigenvalue weighted by atomic mass is 35.5. The number of carbonyl (C=O) groups is 1. The van der Waals surface area contributed by atoms with Gasteiger partial charge >= 0.3 is 12.1 Å². The second kappa shape index (κ2) is 6.66. The van der Waals surface area contributed by atoms with E-state index in [9.17, 15) is 18.0 Å². The first kappa shape index (κ1) is 18.3. The SMILES string of the molecule is NCc1ccc(-c2cc(Cl)c3c(c2)C=C(C(=O)O)C(C(F)(F)F)O3)cc1. The zero-order chi connectivity index (χ0) is 19.1. The molecular weight excluding hydrogens is 371 g/mol. The minimum atomic E-state index is -4.87. The Morgan fingerprint density at radius 3 is 2.38 bits per heavy atom. The summed E-state index contributed by atoms with van der Waals surface area (Å²) in [7, 11) is 0. The molecule has 1 unspecified atom stereocenters. The smallest absolute Gasteiger partial charge is 0.430 e. The van der Waals surface area contributed by atoms with E-state index in [-0.39, 0.29) is 16.3 Å². The summed E-state index contributed by atoms with van der Waals surface area (Å²) in [6.45, 7) is 0.378. The molecule has 2 aromatic rings. The van der Waals surface area contributed by atoms with Gasteiger partial charge in [-0.2, -0.15) is 13.2 Å². The van der Waals surface area contributed by atoms with Gasteiger partial charge in [0, 0.05) is 12.1 Å². The molecule has 0 aliphatic carbocycles. The molecule has 0 spiro atoms. The van der Waals surface area contributed by atoms with Gasteiger partial charge in [-0.3, -0.25) is 0 Å². The summed E-state index contributed by atoms with van der Waals surface area (Å²) in [5.41, 5.74) is 7.13. The second-order valence-corrected chi connectivity index (χ2v) is 6.13. The van der Waals surface area contributed by atoms with Crippen LogP contribution in [0.25, 0.3) is 17.2 Å². The van der Waals surface area contributed by atoms with E-state index in [1.165, 1.54) is 12.1 Å². The van der Waals surface area contributed by atoms with E-state index in [2.05, 4.69) is 0 Å². The number of nitrogens with two attached hydrogens (primary N) is 1. The molecule has 1 heterocycles. The van der Waals surface area contributed by atoms with Gasteiger partial charge in [0.2, 0.25) is 6.10 Å². The largest absolute Gasteiger partial charge is 0.478 e. The summed E-state index contributed by atoms with van der Waals surface area (Å²) in [5, 5.41) is 9.09. The van der Waals surface area contributed by atoms with Crippen LogP contribution >= 0.6 is 11.6 Å². The topological polar surface area (TPSA) is 72.6 Å². The van der Waals surface area contributed by atoms with Crippen LogP contribution in [-0.2, 0) is 11.3 Å². The first-order valence-electron chi connectivity index (χ1n) is 7.52. The zero-order valence-electron chi connectivity index (χ0n) is 13.2. The van der Waals surface area contributed by atoms with Crippen molar-refractivity contribution in [3.63, 3.8) is 0 Å². The van der Waals surface area contributed by atoms with Gasteiger partial charge in [-0.25, -0.2) is 4.79 Å². The number of halogens is 4. The van der Waals surface area contributed by atoms with Gasteiger partial charge in [0.05, 0.1) is 10.6 Å². The molecular formula is C18H13ClF3NO3. The van der Waals surface area contributed by atoms with E-state index in [0.717, 1.165) is 17.2 Å². The Labute approximate surface area is 151 Å². The number of fused-ring (bicyclic) bond motifs is 1. The molecule has 3 rings (SSSR count). The normalized spacial score (nSPS) is 16.5. The molecule has 1 aliphatic heterocycles. The maximum atomic E-state index is 13.1. The first-order chi connectivity index (χ1) is 12.2. The minimum absolute atomic E-state index is 0.0321. The highest BCUT2D eigenvalue weighted by Gasteiger charge is 2.48. The third kappa shape index (κ3) is 3.40. The third-order valence-electron chi connectivity index (χ3n) is 3.97. The predicted octanol–water partition coefficient (Wildman–Crippen LogP) is 4.26. The summed E-state index contributed by atoms with van der Waals surface area (Å²) < 4.78 is 44.2. The molecule has 0 amide bonds. The van der Waals surface area contributed by atoms with Gasteiger partial charge in [0.1, 0.15) is 5.75 Å². The number of benzene rings is 2.